The van der Waals surface area contributed by atoms with E-state index in [0.717, 1.165) is 12.2 Å². The molecule has 0 spiro atoms. The fourth-order valence-corrected chi connectivity index (χ4v) is 3.59. The SMILES string of the molecule is C[C@H]1Cn2ncc(N3CCOCS3(=O)=O)c2CN1. The van der Waals surface area contributed by atoms with Gasteiger partial charge < -0.3 is 10.1 Å². The lowest BCUT2D eigenvalue weighted by molar-refractivity contribution is 0.175. The van der Waals surface area contributed by atoms with Crippen LogP contribution in [0.2, 0.25) is 0 Å². The van der Waals surface area contributed by atoms with Crippen LogP contribution in [0, 0.1) is 0 Å². The summed E-state index contributed by atoms with van der Waals surface area (Å²) in [4.78, 5) is 0. The van der Waals surface area contributed by atoms with Gasteiger partial charge in [0.1, 0.15) is 0 Å². The summed E-state index contributed by atoms with van der Waals surface area (Å²) < 4.78 is 32.2. The van der Waals surface area contributed by atoms with Gasteiger partial charge in [-0.1, -0.05) is 0 Å². The summed E-state index contributed by atoms with van der Waals surface area (Å²) >= 11 is 0. The minimum Gasteiger partial charge on any atom is -0.362 e. The number of hydrogen-bond acceptors (Lipinski definition) is 5. The van der Waals surface area contributed by atoms with Gasteiger partial charge in [0.05, 0.1) is 37.3 Å². The molecule has 0 amide bonds. The summed E-state index contributed by atoms with van der Waals surface area (Å²) in [5.74, 6) is -0.249. The van der Waals surface area contributed by atoms with Crippen LogP contribution in [0.3, 0.4) is 0 Å². The molecule has 1 N–H and O–H groups in total. The molecular formula is C10H16N4O3S. The molecule has 0 bridgehead atoms. The van der Waals surface area contributed by atoms with Crippen molar-refractivity contribution in [2.45, 2.75) is 26.1 Å². The molecule has 0 unspecified atom stereocenters. The van der Waals surface area contributed by atoms with E-state index in [-0.39, 0.29) is 5.94 Å². The average molecular weight is 272 g/mol. The standard InChI is InChI=1S/C10H16N4O3S/c1-8-6-13-9(4-11-8)10(5-12-13)14-2-3-17-7-18(14,15)16/h5,8,11H,2-4,6-7H2,1H3/t8-/m0/s1. The largest absolute Gasteiger partial charge is 0.362 e. The minimum absolute atomic E-state index is 0.249. The van der Waals surface area contributed by atoms with Crippen LogP contribution < -0.4 is 9.62 Å². The van der Waals surface area contributed by atoms with Gasteiger partial charge in [0.25, 0.3) is 10.0 Å². The maximum absolute atomic E-state index is 12.0. The Morgan fingerprint density at radius 1 is 1.56 bits per heavy atom. The first-order chi connectivity index (χ1) is 8.58. The van der Waals surface area contributed by atoms with Gasteiger partial charge in [0.15, 0.2) is 5.94 Å². The Morgan fingerprint density at radius 3 is 3.17 bits per heavy atom. The van der Waals surface area contributed by atoms with E-state index in [1.807, 2.05) is 4.68 Å². The van der Waals surface area contributed by atoms with E-state index in [9.17, 15) is 8.42 Å². The molecule has 7 nitrogen and oxygen atoms in total. The molecule has 3 rings (SSSR count). The van der Waals surface area contributed by atoms with Crippen molar-refractivity contribution in [2.75, 3.05) is 23.4 Å². The van der Waals surface area contributed by atoms with Crippen molar-refractivity contribution >= 4 is 15.7 Å². The molecule has 1 aromatic heterocycles. The van der Waals surface area contributed by atoms with Crippen LogP contribution in [0.4, 0.5) is 5.69 Å². The number of hydrogen-bond donors (Lipinski definition) is 1. The predicted octanol–water partition coefficient (Wildman–Crippen LogP) is -0.501. The molecule has 2 aliphatic heterocycles. The lowest BCUT2D eigenvalue weighted by Crippen LogP contribution is -2.43. The number of sulfonamides is 1. The fraction of sp³-hybridized carbons (Fsp3) is 0.700. The first kappa shape index (κ1) is 11.9. The molecule has 1 saturated heterocycles. The molecule has 18 heavy (non-hydrogen) atoms. The van der Waals surface area contributed by atoms with Gasteiger partial charge in [-0.3, -0.25) is 8.99 Å². The smallest absolute Gasteiger partial charge is 0.259 e. The first-order valence-electron chi connectivity index (χ1n) is 5.94. The van der Waals surface area contributed by atoms with Crippen molar-refractivity contribution < 1.29 is 13.2 Å². The summed E-state index contributed by atoms with van der Waals surface area (Å²) in [6.07, 6.45) is 1.64. The molecular weight excluding hydrogens is 256 g/mol. The number of fused-ring (bicyclic) bond motifs is 1. The number of ether oxygens (including phenoxy) is 1. The molecule has 100 valence electrons. The van der Waals surface area contributed by atoms with Crippen LogP contribution in [0.5, 0.6) is 0 Å². The summed E-state index contributed by atoms with van der Waals surface area (Å²) in [5.41, 5.74) is 1.61. The van der Waals surface area contributed by atoms with E-state index < -0.39 is 10.0 Å². The van der Waals surface area contributed by atoms with E-state index >= 15 is 0 Å². The molecule has 3 heterocycles. The van der Waals surface area contributed by atoms with Gasteiger partial charge in [-0.2, -0.15) is 5.10 Å². The highest BCUT2D eigenvalue weighted by atomic mass is 32.2. The molecule has 0 aliphatic carbocycles. The van der Waals surface area contributed by atoms with E-state index in [2.05, 4.69) is 17.3 Å². The zero-order valence-electron chi connectivity index (χ0n) is 10.2. The average Bonchev–Trinajstić information content (AvgIpc) is 2.71. The maximum atomic E-state index is 12.0. The highest BCUT2D eigenvalue weighted by Crippen LogP contribution is 2.26. The van der Waals surface area contributed by atoms with E-state index in [1.165, 1.54) is 4.31 Å². The normalized spacial score (nSPS) is 26.9. The van der Waals surface area contributed by atoms with Crippen molar-refractivity contribution in [1.82, 2.24) is 15.1 Å². The third-order valence-electron chi connectivity index (χ3n) is 3.27. The number of anilines is 1. The number of nitrogens with one attached hydrogen (secondary N) is 1. The third-order valence-corrected chi connectivity index (χ3v) is 4.78. The van der Waals surface area contributed by atoms with Crippen LogP contribution in [0.15, 0.2) is 6.20 Å². The molecule has 1 fully saturated rings. The Kier molecular flexibility index (Phi) is 2.80. The summed E-state index contributed by atoms with van der Waals surface area (Å²) in [5, 5.41) is 7.60. The van der Waals surface area contributed by atoms with Crippen molar-refractivity contribution in [3.05, 3.63) is 11.9 Å². The Bertz CT molecular complexity index is 553. The second-order valence-electron chi connectivity index (χ2n) is 4.65. The lowest BCUT2D eigenvalue weighted by atomic mass is 10.2. The maximum Gasteiger partial charge on any atom is 0.259 e. The molecule has 8 heteroatoms. The van der Waals surface area contributed by atoms with Crippen LogP contribution in [0.25, 0.3) is 0 Å². The third kappa shape index (κ3) is 1.90. The number of rotatable bonds is 1. The Morgan fingerprint density at radius 2 is 2.39 bits per heavy atom. The fourth-order valence-electron chi connectivity index (χ4n) is 2.33. The van der Waals surface area contributed by atoms with Crippen LogP contribution in [-0.4, -0.2) is 43.3 Å². The Balaban J connectivity index is 1.98. The quantitative estimate of drug-likeness (QED) is 0.746. The van der Waals surface area contributed by atoms with Crippen molar-refractivity contribution in [3.8, 4) is 0 Å². The predicted molar refractivity (Wildman–Crippen MR) is 65.6 cm³/mol. The van der Waals surface area contributed by atoms with Gasteiger partial charge in [0, 0.05) is 12.6 Å². The van der Waals surface area contributed by atoms with Gasteiger partial charge in [-0.15, -0.1) is 0 Å². The molecule has 0 radical (unpaired) electrons. The van der Waals surface area contributed by atoms with Crippen molar-refractivity contribution in [2.24, 2.45) is 0 Å². The van der Waals surface area contributed by atoms with Crippen molar-refractivity contribution in [1.29, 1.82) is 0 Å². The van der Waals surface area contributed by atoms with Crippen LogP contribution in [0.1, 0.15) is 12.6 Å². The minimum atomic E-state index is -3.36. The van der Waals surface area contributed by atoms with E-state index in [4.69, 9.17) is 4.74 Å². The van der Waals surface area contributed by atoms with Gasteiger partial charge in [0.2, 0.25) is 0 Å². The van der Waals surface area contributed by atoms with Gasteiger partial charge in [-0.25, -0.2) is 8.42 Å². The van der Waals surface area contributed by atoms with E-state index in [0.29, 0.717) is 31.4 Å². The van der Waals surface area contributed by atoms with Crippen LogP contribution in [-0.2, 0) is 27.8 Å². The summed E-state index contributed by atoms with van der Waals surface area (Å²) in [7, 11) is -3.36. The summed E-state index contributed by atoms with van der Waals surface area (Å²) in [6.45, 7) is 4.27. The molecule has 2 aliphatic rings. The monoisotopic (exact) mass is 272 g/mol. The molecule has 1 atom stereocenters. The lowest BCUT2D eigenvalue weighted by Gasteiger charge is -2.29. The Hall–Kier alpha value is -1.12. The van der Waals surface area contributed by atoms with Crippen LogP contribution >= 0.6 is 0 Å². The molecule has 0 saturated carbocycles. The first-order valence-corrected chi connectivity index (χ1v) is 7.55. The molecule has 0 aromatic carbocycles. The topological polar surface area (TPSA) is 76.5 Å². The zero-order chi connectivity index (χ0) is 12.8. The van der Waals surface area contributed by atoms with Gasteiger partial charge >= 0.3 is 0 Å². The second-order valence-corrected chi connectivity index (χ2v) is 6.49. The zero-order valence-corrected chi connectivity index (χ0v) is 11.0. The second kappa shape index (κ2) is 4.22. The van der Waals surface area contributed by atoms with Gasteiger partial charge in [-0.05, 0) is 6.92 Å². The summed E-state index contributed by atoms with van der Waals surface area (Å²) in [6, 6.07) is 0.353. The number of nitrogens with zero attached hydrogens (tertiary/aromatic N) is 3. The molecule has 1 aromatic rings. The van der Waals surface area contributed by atoms with E-state index in [1.54, 1.807) is 6.20 Å². The Labute approximate surface area is 106 Å². The highest BCUT2D eigenvalue weighted by Gasteiger charge is 2.31. The highest BCUT2D eigenvalue weighted by molar-refractivity contribution is 7.92. The number of aromatic nitrogens is 2. The van der Waals surface area contributed by atoms with Crippen molar-refractivity contribution in [3.63, 3.8) is 0 Å².